The smallest absolute Gasteiger partial charge is 0.478 e. The largest absolute Gasteiger partial charge is 0.488 e. The van der Waals surface area contributed by atoms with Gasteiger partial charge in [0.15, 0.2) is 0 Å². The van der Waals surface area contributed by atoms with Gasteiger partial charge in [0.25, 0.3) is 5.91 Å². The van der Waals surface area contributed by atoms with E-state index in [-0.39, 0.29) is 16.9 Å². The van der Waals surface area contributed by atoms with E-state index in [1.54, 1.807) is 24.3 Å². The first-order valence-electron chi connectivity index (χ1n) is 9.32. The molecule has 0 radical (unpaired) electrons. The SMILES string of the molecule is CN1CCN(C(=O)c2ccc(B(O)O)cc2)CC1.O=C(O)c1ccc(B(O)O)cc1. The van der Waals surface area contributed by atoms with E-state index in [4.69, 9.17) is 25.2 Å². The van der Waals surface area contributed by atoms with Crippen LogP contribution in [0.15, 0.2) is 48.5 Å². The number of carbonyl (C=O) groups excluding carboxylic acids is 1. The summed E-state index contributed by atoms with van der Waals surface area (Å²) in [4.78, 5) is 26.5. The first kappa shape index (κ1) is 23.6. The first-order valence-corrected chi connectivity index (χ1v) is 9.32. The zero-order valence-electron chi connectivity index (χ0n) is 16.5. The summed E-state index contributed by atoms with van der Waals surface area (Å²) in [5, 5.41) is 43.8. The Morgan fingerprint density at radius 1 is 0.733 bits per heavy atom. The van der Waals surface area contributed by atoms with Crippen LogP contribution < -0.4 is 10.9 Å². The molecule has 30 heavy (non-hydrogen) atoms. The minimum absolute atomic E-state index is 0.00193. The standard InChI is InChI=1S/C12H17BN2O3.C7H7BO4/c1-14-6-8-15(9-7-14)12(16)10-2-4-11(5-3-10)13(17)18;9-7(10)5-1-3-6(4-2-5)8(11)12/h2-5,17-18H,6-9H2,1H3;1-4,11-12H,(H,9,10). The predicted molar refractivity (Wildman–Crippen MR) is 113 cm³/mol. The van der Waals surface area contributed by atoms with Gasteiger partial charge in [-0.15, -0.1) is 0 Å². The van der Waals surface area contributed by atoms with Gasteiger partial charge in [-0.05, 0) is 42.2 Å². The maximum absolute atomic E-state index is 12.2. The van der Waals surface area contributed by atoms with Gasteiger partial charge in [0.1, 0.15) is 0 Å². The summed E-state index contributed by atoms with van der Waals surface area (Å²) in [6.45, 7) is 3.25. The van der Waals surface area contributed by atoms with Crippen molar-refractivity contribution in [3.63, 3.8) is 0 Å². The molecule has 0 atom stereocenters. The van der Waals surface area contributed by atoms with Gasteiger partial charge in [0.2, 0.25) is 0 Å². The Kier molecular flexibility index (Phi) is 8.58. The van der Waals surface area contributed by atoms with Gasteiger partial charge in [0.05, 0.1) is 5.56 Å². The van der Waals surface area contributed by atoms with E-state index in [0.717, 1.165) is 26.2 Å². The van der Waals surface area contributed by atoms with Crippen LogP contribution in [0.5, 0.6) is 0 Å². The lowest BCUT2D eigenvalue weighted by atomic mass is 9.80. The topological polar surface area (TPSA) is 142 Å². The minimum atomic E-state index is -1.55. The molecule has 1 heterocycles. The number of hydrogen-bond donors (Lipinski definition) is 5. The van der Waals surface area contributed by atoms with Crippen LogP contribution in [-0.2, 0) is 0 Å². The van der Waals surface area contributed by atoms with Crippen LogP contribution >= 0.6 is 0 Å². The summed E-state index contributed by atoms with van der Waals surface area (Å²) in [6.07, 6.45) is 0. The lowest BCUT2D eigenvalue weighted by Gasteiger charge is -2.32. The van der Waals surface area contributed by atoms with Gasteiger partial charge < -0.3 is 35.0 Å². The molecule has 2 aromatic carbocycles. The number of amides is 1. The number of carboxylic acid groups (broad SMARTS) is 1. The number of rotatable bonds is 4. The van der Waals surface area contributed by atoms with Gasteiger partial charge in [-0.1, -0.05) is 24.3 Å². The Morgan fingerprint density at radius 3 is 1.50 bits per heavy atom. The summed E-state index contributed by atoms with van der Waals surface area (Å²) >= 11 is 0. The third-order valence-electron chi connectivity index (χ3n) is 4.70. The normalized spacial score (nSPS) is 13.8. The van der Waals surface area contributed by atoms with Crippen molar-refractivity contribution in [1.29, 1.82) is 0 Å². The highest BCUT2D eigenvalue weighted by Crippen LogP contribution is 2.07. The molecule has 1 fully saturated rings. The Morgan fingerprint density at radius 2 is 1.13 bits per heavy atom. The summed E-state index contributed by atoms with van der Waals surface area (Å²) in [5.74, 6) is -1.03. The van der Waals surface area contributed by atoms with Crippen molar-refractivity contribution >= 4 is 37.0 Å². The quantitative estimate of drug-likeness (QED) is 0.356. The van der Waals surface area contributed by atoms with Crippen LogP contribution in [-0.4, -0.2) is 94.3 Å². The van der Waals surface area contributed by atoms with Crippen LogP contribution in [0, 0.1) is 0 Å². The van der Waals surface area contributed by atoms with Crippen LogP contribution in [0.4, 0.5) is 0 Å². The summed E-state index contributed by atoms with van der Waals surface area (Å²) in [7, 11) is -0.996. The minimum Gasteiger partial charge on any atom is -0.478 e. The maximum Gasteiger partial charge on any atom is 0.488 e. The van der Waals surface area contributed by atoms with E-state index in [2.05, 4.69) is 4.90 Å². The lowest BCUT2D eigenvalue weighted by molar-refractivity contribution is 0.0662. The number of piperazine rings is 1. The molecule has 1 aliphatic rings. The average molecular weight is 414 g/mol. The molecule has 11 heteroatoms. The Hall–Kier alpha value is -2.69. The van der Waals surface area contributed by atoms with E-state index >= 15 is 0 Å². The number of carbonyl (C=O) groups is 2. The van der Waals surface area contributed by atoms with Crippen molar-refractivity contribution in [3.8, 4) is 0 Å². The average Bonchev–Trinajstić information content (AvgIpc) is 2.74. The molecule has 0 saturated carbocycles. The molecule has 2 aromatic rings. The number of aromatic carboxylic acids is 1. The maximum atomic E-state index is 12.2. The molecule has 0 aliphatic carbocycles. The van der Waals surface area contributed by atoms with Crippen molar-refractivity contribution in [2.24, 2.45) is 0 Å². The number of benzene rings is 2. The van der Waals surface area contributed by atoms with Crippen molar-refractivity contribution < 1.29 is 34.8 Å². The van der Waals surface area contributed by atoms with E-state index in [1.165, 1.54) is 24.3 Å². The Bertz CT molecular complexity index is 837. The molecule has 0 aromatic heterocycles. The second-order valence-electron chi connectivity index (χ2n) is 6.89. The Labute approximate surface area is 175 Å². The zero-order chi connectivity index (χ0) is 22.3. The van der Waals surface area contributed by atoms with E-state index < -0.39 is 20.2 Å². The van der Waals surface area contributed by atoms with Crippen LogP contribution in [0.3, 0.4) is 0 Å². The summed E-state index contributed by atoms with van der Waals surface area (Å²) in [6, 6.07) is 11.7. The summed E-state index contributed by atoms with van der Waals surface area (Å²) < 4.78 is 0. The molecule has 158 valence electrons. The molecule has 0 unspecified atom stereocenters. The summed E-state index contributed by atoms with van der Waals surface area (Å²) in [5.41, 5.74) is 1.38. The highest BCUT2D eigenvalue weighted by Gasteiger charge is 2.20. The molecular weight excluding hydrogens is 390 g/mol. The first-order chi connectivity index (χ1) is 14.2. The fourth-order valence-electron chi connectivity index (χ4n) is 2.79. The van der Waals surface area contributed by atoms with E-state index in [0.29, 0.717) is 11.0 Å². The van der Waals surface area contributed by atoms with Crippen LogP contribution in [0.2, 0.25) is 0 Å². The number of nitrogens with zero attached hydrogens (tertiary/aromatic N) is 2. The second-order valence-corrected chi connectivity index (χ2v) is 6.89. The van der Waals surface area contributed by atoms with Crippen molar-refractivity contribution in [3.05, 3.63) is 59.7 Å². The zero-order valence-corrected chi connectivity index (χ0v) is 16.5. The van der Waals surface area contributed by atoms with Gasteiger partial charge in [-0.2, -0.15) is 0 Å². The van der Waals surface area contributed by atoms with Gasteiger partial charge in [0, 0.05) is 31.7 Å². The number of carboxylic acids is 1. The fraction of sp³-hybridized carbons (Fsp3) is 0.263. The molecule has 1 amide bonds. The van der Waals surface area contributed by atoms with Gasteiger partial charge in [-0.3, -0.25) is 4.79 Å². The van der Waals surface area contributed by atoms with Crippen LogP contribution in [0.25, 0.3) is 0 Å². The molecule has 5 N–H and O–H groups in total. The number of likely N-dealkylation sites (N-methyl/N-ethyl adjacent to an activating group) is 1. The van der Waals surface area contributed by atoms with Gasteiger partial charge in [-0.25, -0.2) is 4.79 Å². The molecule has 0 bridgehead atoms. The van der Waals surface area contributed by atoms with Gasteiger partial charge >= 0.3 is 20.2 Å². The van der Waals surface area contributed by atoms with Crippen molar-refractivity contribution in [2.75, 3.05) is 33.2 Å². The molecule has 3 rings (SSSR count). The molecule has 1 saturated heterocycles. The molecule has 0 spiro atoms. The Balaban J connectivity index is 0.000000232. The molecular formula is C19H24B2N2O7. The lowest BCUT2D eigenvalue weighted by Crippen LogP contribution is -2.47. The van der Waals surface area contributed by atoms with E-state index in [1.807, 2.05) is 11.9 Å². The van der Waals surface area contributed by atoms with Crippen molar-refractivity contribution in [1.82, 2.24) is 9.80 Å². The highest BCUT2D eigenvalue weighted by molar-refractivity contribution is 6.58. The third-order valence-corrected chi connectivity index (χ3v) is 4.70. The third kappa shape index (κ3) is 6.68. The predicted octanol–water partition coefficient (Wildman–Crippen LogP) is -2.18. The molecule has 1 aliphatic heterocycles. The van der Waals surface area contributed by atoms with Crippen LogP contribution in [0.1, 0.15) is 20.7 Å². The number of hydrogen-bond acceptors (Lipinski definition) is 7. The second kappa shape index (κ2) is 10.9. The fourth-order valence-corrected chi connectivity index (χ4v) is 2.79. The molecule has 9 nitrogen and oxygen atoms in total. The van der Waals surface area contributed by atoms with E-state index in [9.17, 15) is 9.59 Å². The monoisotopic (exact) mass is 414 g/mol. The van der Waals surface area contributed by atoms with Crippen molar-refractivity contribution in [2.45, 2.75) is 0 Å². The highest BCUT2D eigenvalue weighted by atomic mass is 16.4.